The molecule has 0 radical (unpaired) electrons. The van der Waals surface area contributed by atoms with Crippen LogP contribution in [0.25, 0.3) is 0 Å². The molecule has 0 bridgehead atoms. The average molecular weight is 297 g/mol. The van der Waals surface area contributed by atoms with Crippen LogP contribution < -0.4 is 10.6 Å². The molecule has 1 unspecified atom stereocenters. The van der Waals surface area contributed by atoms with Gasteiger partial charge in [0.1, 0.15) is 11.6 Å². The van der Waals surface area contributed by atoms with Crippen molar-refractivity contribution >= 4 is 34.8 Å². The van der Waals surface area contributed by atoms with Crippen LogP contribution in [0.2, 0.25) is 10.0 Å². The van der Waals surface area contributed by atoms with Crippen LogP contribution in [-0.2, 0) is 0 Å². The Kier molecular flexibility index (Phi) is 4.45. The van der Waals surface area contributed by atoms with Crippen molar-refractivity contribution in [1.82, 2.24) is 9.97 Å². The first-order valence-electron chi connectivity index (χ1n) is 5.81. The maximum Gasteiger partial charge on any atom is 0.147 e. The summed E-state index contributed by atoms with van der Waals surface area (Å²) in [5, 5.41) is 7.45. The van der Waals surface area contributed by atoms with Gasteiger partial charge >= 0.3 is 0 Å². The van der Waals surface area contributed by atoms with E-state index in [2.05, 4.69) is 20.6 Å². The Balaban J connectivity index is 2.17. The first-order valence-corrected chi connectivity index (χ1v) is 6.57. The zero-order chi connectivity index (χ0) is 13.8. The summed E-state index contributed by atoms with van der Waals surface area (Å²) >= 11 is 12.1. The molecule has 2 aromatic rings. The first kappa shape index (κ1) is 13.9. The number of nitrogens with one attached hydrogen (secondary N) is 2. The van der Waals surface area contributed by atoms with Gasteiger partial charge in [0.05, 0.1) is 18.4 Å². The van der Waals surface area contributed by atoms with E-state index >= 15 is 0 Å². The monoisotopic (exact) mass is 296 g/mol. The van der Waals surface area contributed by atoms with Crippen LogP contribution in [-0.4, -0.2) is 17.0 Å². The van der Waals surface area contributed by atoms with Gasteiger partial charge in [-0.3, -0.25) is 4.98 Å². The van der Waals surface area contributed by atoms with Crippen molar-refractivity contribution in [3.63, 3.8) is 0 Å². The molecule has 19 heavy (non-hydrogen) atoms. The van der Waals surface area contributed by atoms with Crippen molar-refractivity contribution in [3.8, 4) is 0 Å². The molecule has 0 saturated heterocycles. The van der Waals surface area contributed by atoms with Gasteiger partial charge in [0.25, 0.3) is 0 Å². The fraction of sp³-hybridized carbons (Fsp3) is 0.231. The molecule has 0 saturated carbocycles. The van der Waals surface area contributed by atoms with Crippen LogP contribution in [0.4, 0.5) is 11.6 Å². The predicted molar refractivity (Wildman–Crippen MR) is 80.1 cm³/mol. The van der Waals surface area contributed by atoms with Crippen molar-refractivity contribution in [2.75, 3.05) is 17.7 Å². The quantitative estimate of drug-likeness (QED) is 0.895. The third-order valence-corrected chi connectivity index (χ3v) is 3.25. The molecule has 2 rings (SSSR count). The lowest BCUT2D eigenvalue weighted by Gasteiger charge is -2.16. The van der Waals surface area contributed by atoms with Gasteiger partial charge in [-0.05, 0) is 24.6 Å². The zero-order valence-electron chi connectivity index (χ0n) is 10.6. The summed E-state index contributed by atoms with van der Waals surface area (Å²) in [4.78, 5) is 8.45. The molecular formula is C13H14Cl2N4. The van der Waals surface area contributed by atoms with Gasteiger partial charge < -0.3 is 10.6 Å². The highest BCUT2D eigenvalue weighted by Crippen LogP contribution is 2.28. The molecule has 4 nitrogen and oxygen atoms in total. The zero-order valence-corrected chi connectivity index (χ0v) is 12.1. The number of halogens is 2. The lowest BCUT2D eigenvalue weighted by molar-refractivity contribution is 0.872. The second-order valence-electron chi connectivity index (χ2n) is 4.07. The molecular weight excluding hydrogens is 283 g/mol. The fourth-order valence-electron chi connectivity index (χ4n) is 1.71. The highest BCUT2D eigenvalue weighted by molar-refractivity contribution is 6.35. The van der Waals surface area contributed by atoms with E-state index in [-0.39, 0.29) is 6.04 Å². The van der Waals surface area contributed by atoms with Crippen molar-refractivity contribution in [3.05, 3.63) is 46.2 Å². The molecule has 100 valence electrons. The standard InChI is InChI=1S/C13H14Cl2N4/c1-8(10-4-3-9(14)5-11(10)15)18-13-7-17-6-12(16-2)19-13/h3-8H,1-2H3,(H2,16,18,19). The van der Waals surface area contributed by atoms with E-state index in [1.807, 2.05) is 19.1 Å². The Morgan fingerprint density at radius 1 is 1.16 bits per heavy atom. The van der Waals surface area contributed by atoms with Crippen LogP contribution in [0.3, 0.4) is 0 Å². The second-order valence-corrected chi connectivity index (χ2v) is 4.92. The number of nitrogens with zero attached hydrogens (tertiary/aromatic N) is 2. The van der Waals surface area contributed by atoms with E-state index in [4.69, 9.17) is 23.2 Å². The minimum Gasteiger partial charge on any atom is -0.372 e. The van der Waals surface area contributed by atoms with Gasteiger partial charge in [-0.15, -0.1) is 0 Å². The largest absolute Gasteiger partial charge is 0.372 e. The smallest absolute Gasteiger partial charge is 0.147 e. The van der Waals surface area contributed by atoms with Gasteiger partial charge in [0.2, 0.25) is 0 Å². The fourth-order valence-corrected chi connectivity index (χ4v) is 2.28. The Bertz CT molecular complexity index is 574. The van der Waals surface area contributed by atoms with E-state index in [1.165, 1.54) is 0 Å². The number of benzene rings is 1. The molecule has 1 aromatic carbocycles. The summed E-state index contributed by atoms with van der Waals surface area (Å²) in [5.41, 5.74) is 0.961. The minimum absolute atomic E-state index is 0.00572. The molecule has 0 fully saturated rings. The third kappa shape index (κ3) is 3.49. The summed E-state index contributed by atoms with van der Waals surface area (Å²) in [6.07, 6.45) is 3.33. The Morgan fingerprint density at radius 3 is 2.58 bits per heavy atom. The van der Waals surface area contributed by atoms with E-state index in [0.717, 1.165) is 5.56 Å². The van der Waals surface area contributed by atoms with Crippen LogP contribution in [0.1, 0.15) is 18.5 Å². The van der Waals surface area contributed by atoms with E-state index < -0.39 is 0 Å². The number of aromatic nitrogens is 2. The average Bonchev–Trinajstić information content (AvgIpc) is 2.38. The van der Waals surface area contributed by atoms with Crippen molar-refractivity contribution in [2.45, 2.75) is 13.0 Å². The Morgan fingerprint density at radius 2 is 1.89 bits per heavy atom. The van der Waals surface area contributed by atoms with Crippen LogP contribution >= 0.6 is 23.2 Å². The third-order valence-electron chi connectivity index (χ3n) is 2.68. The highest BCUT2D eigenvalue weighted by atomic mass is 35.5. The van der Waals surface area contributed by atoms with Gasteiger partial charge in [-0.25, -0.2) is 4.98 Å². The SMILES string of the molecule is CNc1cncc(NC(C)c2ccc(Cl)cc2Cl)n1. The van der Waals surface area contributed by atoms with Gasteiger partial charge in [-0.2, -0.15) is 0 Å². The molecule has 1 atom stereocenters. The summed E-state index contributed by atoms with van der Waals surface area (Å²) in [5.74, 6) is 1.39. The second kappa shape index (κ2) is 6.08. The number of hydrogen-bond donors (Lipinski definition) is 2. The Hall–Kier alpha value is -1.52. The van der Waals surface area contributed by atoms with Crippen molar-refractivity contribution in [2.24, 2.45) is 0 Å². The summed E-state index contributed by atoms with van der Waals surface area (Å²) < 4.78 is 0. The summed E-state index contributed by atoms with van der Waals surface area (Å²) in [6, 6.07) is 5.45. The number of hydrogen-bond acceptors (Lipinski definition) is 4. The van der Waals surface area contributed by atoms with Crippen LogP contribution in [0.15, 0.2) is 30.6 Å². The first-order chi connectivity index (χ1) is 9.10. The molecule has 0 aliphatic heterocycles. The topological polar surface area (TPSA) is 49.8 Å². The maximum absolute atomic E-state index is 6.18. The summed E-state index contributed by atoms with van der Waals surface area (Å²) in [7, 11) is 1.80. The predicted octanol–water partition coefficient (Wildman–Crippen LogP) is 4.00. The maximum atomic E-state index is 6.18. The number of rotatable bonds is 4. The molecule has 0 aliphatic carbocycles. The van der Waals surface area contributed by atoms with Crippen LogP contribution in [0.5, 0.6) is 0 Å². The molecule has 6 heteroatoms. The lowest BCUT2D eigenvalue weighted by atomic mass is 10.1. The van der Waals surface area contributed by atoms with Gasteiger partial charge in [0, 0.05) is 17.1 Å². The van der Waals surface area contributed by atoms with Gasteiger partial charge in [0.15, 0.2) is 0 Å². The molecule has 1 heterocycles. The minimum atomic E-state index is 0.00572. The molecule has 0 amide bonds. The number of anilines is 2. The normalized spacial score (nSPS) is 12.0. The molecule has 0 aliphatic rings. The van der Waals surface area contributed by atoms with Crippen LogP contribution in [0, 0.1) is 0 Å². The van der Waals surface area contributed by atoms with E-state index in [0.29, 0.717) is 21.7 Å². The van der Waals surface area contributed by atoms with E-state index in [9.17, 15) is 0 Å². The highest BCUT2D eigenvalue weighted by Gasteiger charge is 2.11. The van der Waals surface area contributed by atoms with Crippen molar-refractivity contribution < 1.29 is 0 Å². The van der Waals surface area contributed by atoms with Crippen molar-refractivity contribution in [1.29, 1.82) is 0 Å². The van der Waals surface area contributed by atoms with E-state index in [1.54, 1.807) is 25.5 Å². The summed E-state index contributed by atoms with van der Waals surface area (Å²) in [6.45, 7) is 2.00. The molecule has 0 spiro atoms. The molecule has 2 N–H and O–H groups in total. The lowest BCUT2D eigenvalue weighted by Crippen LogP contribution is -2.09. The van der Waals surface area contributed by atoms with Gasteiger partial charge in [-0.1, -0.05) is 29.3 Å². The molecule has 1 aromatic heterocycles. The Labute approximate surface area is 122 Å².